The topological polar surface area (TPSA) is 121 Å². The number of carbonyl (C=O) groups is 1. The van der Waals surface area contributed by atoms with Crippen LogP contribution in [0, 0.1) is 0 Å². The van der Waals surface area contributed by atoms with E-state index in [0.717, 1.165) is 17.7 Å². The van der Waals surface area contributed by atoms with Gasteiger partial charge in [0.25, 0.3) is 5.89 Å². The second kappa shape index (κ2) is 8.99. The lowest BCUT2D eigenvalue weighted by Gasteiger charge is -2.11. The summed E-state index contributed by atoms with van der Waals surface area (Å²) in [7, 11) is 1.61. The van der Waals surface area contributed by atoms with Gasteiger partial charge >= 0.3 is 0 Å². The molecule has 0 aliphatic rings. The van der Waals surface area contributed by atoms with E-state index in [9.17, 15) is 4.79 Å². The first-order valence-electron chi connectivity index (χ1n) is 9.14. The molecule has 0 radical (unpaired) electrons. The number of methoxy groups -OCH3 is 1. The number of hydrogen-bond donors (Lipinski definition) is 2. The Morgan fingerprint density at radius 2 is 2.10 bits per heavy atom. The number of ether oxygens (including phenoxy) is 1. The molecule has 1 amide bonds. The highest BCUT2D eigenvalue weighted by atomic mass is 32.2. The van der Waals surface area contributed by atoms with Crippen LogP contribution >= 0.6 is 11.8 Å². The van der Waals surface area contributed by atoms with Crippen LogP contribution in [-0.2, 0) is 11.3 Å². The smallest absolute Gasteiger partial charge is 0.264 e. The zero-order valence-corrected chi connectivity index (χ0v) is 17.6. The SMILES string of the molecule is CC[C@@H](C)NC(=O)Cn1nc(SC)c(-c2nc(-c3ccc(OC)cc3)no2)c1N. The van der Waals surface area contributed by atoms with Gasteiger partial charge in [0.1, 0.15) is 28.7 Å². The van der Waals surface area contributed by atoms with Crippen molar-refractivity contribution in [2.45, 2.75) is 37.9 Å². The molecule has 0 aliphatic carbocycles. The summed E-state index contributed by atoms with van der Waals surface area (Å²) in [5.41, 5.74) is 7.58. The minimum absolute atomic E-state index is 0.0171. The Bertz CT molecular complexity index is 982. The molecule has 3 rings (SSSR count). The number of anilines is 1. The first-order chi connectivity index (χ1) is 14.0. The Hall–Kier alpha value is -3.01. The number of nitrogens with two attached hydrogens (primary N) is 1. The third kappa shape index (κ3) is 4.53. The number of hydrogen-bond acceptors (Lipinski definition) is 8. The van der Waals surface area contributed by atoms with E-state index < -0.39 is 0 Å². The third-order valence-electron chi connectivity index (χ3n) is 4.45. The molecular formula is C19H24N6O3S. The van der Waals surface area contributed by atoms with Gasteiger partial charge < -0.3 is 20.3 Å². The predicted molar refractivity (Wildman–Crippen MR) is 112 cm³/mol. The molecular weight excluding hydrogens is 392 g/mol. The number of amides is 1. The van der Waals surface area contributed by atoms with Crippen LogP contribution in [0.2, 0.25) is 0 Å². The zero-order valence-electron chi connectivity index (χ0n) is 16.8. The third-order valence-corrected chi connectivity index (χ3v) is 5.13. The lowest BCUT2D eigenvalue weighted by Crippen LogP contribution is -2.35. The number of nitrogens with one attached hydrogen (secondary N) is 1. The number of rotatable bonds is 8. The molecule has 9 nitrogen and oxygen atoms in total. The maximum atomic E-state index is 12.2. The van der Waals surface area contributed by atoms with Crippen molar-refractivity contribution in [2.24, 2.45) is 0 Å². The standard InChI is InChI=1S/C19H24N6O3S/c1-5-11(2)21-14(26)10-25-16(20)15(19(23-25)29-4)18-22-17(24-28-18)12-6-8-13(27-3)9-7-12/h6-9,11H,5,10,20H2,1-4H3,(H,21,26)/t11-/m1/s1. The summed E-state index contributed by atoms with van der Waals surface area (Å²) >= 11 is 1.39. The van der Waals surface area contributed by atoms with Crippen LogP contribution in [0.3, 0.4) is 0 Å². The number of aromatic nitrogens is 4. The lowest BCUT2D eigenvalue weighted by atomic mass is 10.2. The molecule has 2 heterocycles. The van der Waals surface area contributed by atoms with Crippen LogP contribution in [0.4, 0.5) is 5.82 Å². The molecule has 0 spiro atoms. The molecule has 0 unspecified atom stereocenters. The summed E-state index contributed by atoms with van der Waals surface area (Å²) in [6, 6.07) is 7.41. The van der Waals surface area contributed by atoms with Crippen molar-refractivity contribution in [3.63, 3.8) is 0 Å². The molecule has 2 aromatic heterocycles. The monoisotopic (exact) mass is 416 g/mol. The molecule has 3 N–H and O–H groups in total. The van der Waals surface area contributed by atoms with Crippen LogP contribution < -0.4 is 15.8 Å². The van der Waals surface area contributed by atoms with E-state index in [4.69, 9.17) is 15.0 Å². The number of carbonyl (C=O) groups excluding carboxylic acids is 1. The van der Waals surface area contributed by atoms with E-state index in [0.29, 0.717) is 22.2 Å². The highest BCUT2D eigenvalue weighted by molar-refractivity contribution is 7.98. The van der Waals surface area contributed by atoms with Gasteiger partial charge in [-0.15, -0.1) is 11.8 Å². The normalized spacial score (nSPS) is 12.0. The van der Waals surface area contributed by atoms with Gasteiger partial charge in [-0.3, -0.25) is 4.79 Å². The largest absolute Gasteiger partial charge is 0.497 e. The number of benzene rings is 1. The van der Waals surface area contributed by atoms with Crippen molar-refractivity contribution in [1.29, 1.82) is 0 Å². The quantitative estimate of drug-likeness (QED) is 0.538. The van der Waals surface area contributed by atoms with Crippen molar-refractivity contribution in [3.8, 4) is 28.6 Å². The molecule has 0 aliphatic heterocycles. The van der Waals surface area contributed by atoms with Crippen LogP contribution in [0.5, 0.6) is 5.75 Å². The average molecular weight is 417 g/mol. The molecule has 0 saturated heterocycles. The molecule has 3 aromatic rings. The van der Waals surface area contributed by atoms with Crippen LogP contribution in [0.25, 0.3) is 22.8 Å². The summed E-state index contributed by atoms with van der Waals surface area (Å²) in [5.74, 6) is 1.57. The summed E-state index contributed by atoms with van der Waals surface area (Å²) in [6.07, 6.45) is 2.72. The van der Waals surface area contributed by atoms with Crippen molar-refractivity contribution >= 4 is 23.5 Å². The van der Waals surface area contributed by atoms with E-state index in [2.05, 4.69) is 20.6 Å². The highest BCUT2D eigenvalue weighted by Gasteiger charge is 2.24. The van der Waals surface area contributed by atoms with Gasteiger partial charge in [0.15, 0.2) is 0 Å². The lowest BCUT2D eigenvalue weighted by molar-refractivity contribution is -0.122. The van der Waals surface area contributed by atoms with Crippen LogP contribution in [-0.4, -0.2) is 45.2 Å². The predicted octanol–water partition coefficient (Wildman–Crippen LogP) is 2.83. The Balaban J connectivity index is 1.87. The fourth-order valence-corrected chi connectivity index (χ4v) is 3.23. The fraction of sp³-hybridized carbons (Fsp3) is 0.368. The summed E-state index contributed by atoms with van der Waals surface area (Å²) in [6.45, 7) is 3.97. The molecule has 10 heteroatoms. The van der Waals surface area contributed by atoms with Gasteiger partial charge in [-0.1, -0.05) is 12.1 Å². The van der Waals surface area contributed by atoms with Crippen molar-refractivity contribution in [2.75, 3.05) is 19.1 Å². The molecule has 0 saturated carbocycles. The highest BCUT2D eigenvalue weighted by Crippen LogP contribution is 2.35. The maximum Gasteiger partial charge on any atom is 0.264 e. The second-order valence-corrected chi connectivity index (χ2v) is 7.25. The van der Waals surface area contributed by atoms with Crippen molar-refractivity contribution < 1.29 is 14.1 Å². The van der Waals surface area contributed by atoms with E-state index in [1.54, 1.807) is 7.11 Å². The van der Waals surface area contributed by atoms with Gasteiger partial charge in [0.2, 0.25) is 11.7 Å². The van der Waals surface area contributed by atoms with Gasteiger partial charge in [-0.25, -0.2) is 4.68 Å². The van der Waals surface area contributed by atoms with Gasteiger partial charge in [-0.05, 0) is 43.9 Å². The van der Waals surface area contributed by atoms with Gasteiger partial charge in [0, 0.05) is 11.6 Å². The average Bonchev–Trinajstić information content (AvgIpc) is 3.32. The fourth-order valence-electron chi connectivity index (χ4n) is 2.66. The maximum absolute atomic E-state index is 12.2. The molecule has 1 atom stereocenters. The van der Waals surface area contributed by atoms with E-state index >= 15 is 0 Å². The van der Waals surface area contributed by atoms with E-state index in [1.807, 2.05) is 44.4 Å². The number of nitrogen functional groups attached to an aromatic ring is 1. The first kappa shape index (κ1) is 20.7. The summed E-state index contributed by atoms with van der Waals surface area (Å²) in [4.78, 5) is 16.7. The summed E-state index contributed by atoms with van der Waals surface area (Å²) in [5, 5.41) is 12.0. The second-order valence-electron chi connectivity index (χ2n) is 6.46. The summed E-state index contributed by atoms with van der Waals surface area (Å²) < 4.78 is 12.1. The Morgan fingerprint density at radius 3 is 2.72 bits per heavy atom. The Kier molecular flexibility index (Phi) is 6.42. The Morgan fingerprint density at radius 1 is 1.38 bits per heavy atom. The van der Waals surface area contributed by atoms with Crippen LogP contribution in [0.15, 0.2) is 33.8 Å². The van der Waals surface area contributed by atoms with E-state index in [1.165, 1.54) is 16.4 Å². The molecule has 1 aromatic carbocycles. The minimum atomic E-state index is -0.155. The Labute approximate surface area is 173 Å². The molecule has 154 valence electrons. The van der Waals surface area contributed by atoms with Crippen molar-refractivity contribution in [1.82, 2.24) is 25.2 Å². The minimum Gasteiger partial charge on any atom is -0.497 e. The van der Waals surface area contributed by atoms with Crippen molar-refractivity contribution in [3.05, 3.63) is 24.3 Å². The first-order valence-corrected chi connectivity index (χ1v) is 10.4. The number of thioether (sulfide) groups is 1. The van der Waals surface area contributed by atoms with E-state index in [-0.39, 0.29) is 24.4 Å². The molecule has 29 heavy (non-hydrogen) atoms. The van der Waals surface area contributed by atoms with Gasteiger partial charge in [0.05, 0.1) is 7.11 Å². The number of nitrogens with zero attached hydrogens (tertiary/aromatic N) is 4. The van der Waals surface area contributed by atoms with Gasteiger partial charge in [-0.2, -0.15) is 10.1 Å². The molecule has 0 bridgehead atoms. The van der Waals surface area contributed by atoms with Crippen LogP contribution in [0.1, 0.15) is 20.3 Å². The zero-order chi connectivity index (χ0) is 21.0. The molecule has 0 fully saturated rings.